The molecule has 1 aromatic carbocycles. The standard InChI is InChI=1S/C18H18N6OS2/c1-10-11(2)26-17-14(10)16(25)19-15(20-17)12(3)27-18-21-22-23-24(18)9-13-7-5-4-6-8-13/h4-8,12H,9H2,1-3H3,(H,19,20,25). The van der Waals surface area contributed by atoms with E-state index in [1.807, 2.05) is 51.1 Å². The van der Waals surface area contributed by atoms with Crippen molar-refractivity contribution in [3.63, 3.8) is 0 Å². The highest BCUT2D eigenvalue weighted by Crippen LogP contribution is 2.33. The Hall–Kier alpha value is -2.52. The Morgan fingerprint density at radius 3 is 2.81 bits per heavy atom. The number of thiophene rings is 1. The summed E-state index contributed by atoms with van der Waals surface area (Å²) in [6.45, 7) is 6.55. The van der Waals surface area contributed by atoms with Gasteiger partial charge in [0.05, 0.1) is 17.2 Å². The summed E-state index contributed by atoms with van der Waals surface area (Å²) in [5, 5.41) is 13.3. The van der Waals surface area contributed by atoms with E-state index in [0.29, 0.717) is 22.9 Å². The van der Waals surface area contributed by atoms with Crippen LogP contribution >= 0.6 is 23.1 Å². The van der Waals surface area contributed by atoms with E-state index in [1.54, 1.807) is 16.0 Å². The molecule has 1 atom stereocenters. The zero-order valence-electron chi connectivity index (χ0n) is 15.1. The summed E-state index contributed by atoms with van der Waals surface area (Å²) in [4.78, 5) is 22.0. The summed E-state index contributed by atoms with van der Waals surface area (Å²) < 4.78 is 1.76. The van der Waals surface area contributed by atoms with Crippen molar-refractivity contribution in [3.8, 4) is 0 Å². The normalized spacial score (nSPS) is 12.6. The molecule has 1 unspecified atom stereocenters. The average molecular weight is 399 g/mol. The Kier molecular flexibility index (Phi) is 4.79. The maximum Gasteiger partial charge on any atom is 0.259 e. The number of nitrogens with one attached hydrogen (secondary N) is 1. The Morgan fingerprint density at radius 1 is 1.26 bits per heavy atom. The summed E-state index contributed by atoms with van der Waals surface area (Å²) in [5.41, 5.74) is 2.03. The minimum absolute atomic E-state index is 0.0897. The minimum atomic E-state index is -0.0923. The van der Waals surface area contributed by atoms with Crippen LogP contribution in [0.5, 0.6) is 0 Å². The van der Waals surface area contributed by atoms with Gasteiger partial charge in [-0.15, -0.1) is 16.4 Å². The van der Waals surface area contributed by atoms with Crippen LogP contribution < -0.4 is 5.56 Å². The number of hydrogen-bond acceptors (Lipinski definition) is 7. The molecule has 4 aromatic rings. The van der Waals surface area contributed by atoms with Crippen LogP contribution in [0.15, 0.2) is 40.3 Å². The summed E-state index contributed by atoms with van der Waals surface area (Å²) >= 11 is 3.03. The number of aromatic amines is 1. The molecule has 0 spiro atoms. The molecule has 0 amide bonds. The molecule has 4 rings (SSSR count). The smallest absolute Gasteiger partial charge is 0.259 e. The van der Waals surface area contributed by atoms with Crippen LogP contribution in [0.1, 0.15) is 34.0 Å². The lowest BCUT2D eigenvalue weighted by Gasteiger charge is -2.10. The molecule has 0 fully saturated rings. The second-order valence-electron chi connectivity index (χ2n) is 6.28. The van der Waals surface area contributed by atoms with Crippen molar-refractivity contribution in [1.82, 2.24) is 30.2 Å². The summed E-state index contributed by atoms with van der Waals surface area (Å²) in [6, 6.07) is 10.0. The topological polar surface area (TPSA) is 89.3 Å². The molecule has 0 radical (unpaired) electrons. The van der Waals surface area contributed by atoms with E-state index in [9.17, 15) is 4.79 Å². The van der Waals surface area contributed by atoms with Gasteiger partial charge in [0.25, 0.3) is 5.56 Å². The van der Waals surface area contributed by atoms with Gasteiger partial charge in [-0.2, -0.15) is 0 Å². The van der Waals surface area contributed by atoms with Crippen LogP contribution in [-0.2, 0) is 6.54 Å². The van der Waals surface area contributed by atoms with E-state index in [1.165, 1.54) is 11.8 Å². The SMILES string of the molecule is Cc1sc2nc(C(C)Sc3nnnn3Cc3ccccc3)[nH]c(=O)c2c1C. The number of aryl methyl sites for hydroxylation is 2. The van der Waals surface area contributed by atoms with Gasteiger partial charge < -0.3 is 4.98 Å². The Bertz CT molecular complexity index is 1150. The summed E-state index contributed by atoms with van der Waals surface area (Å²) in [5.74, 6) is 0.632. The van der Waals surface area contributed by atoms with Crippen molar-refractivity contribution in [2.75, 3.05) is 0 Å². The zero-order valence-corrected chi connectivity index (χ0v) is 16.8. The predicted molar refractivity (Wildman–Crippen MR) is 107 cm³/mol. The minimum Gasteiger partial charge on any atom is -0.309 e. The maximum atomic E-state index is 12.5. The molecule has 0 saturated heterocycles. The van der Waals surface area contributed by atoms with Gasteiger partial charge in [0, 0.05) is 4.88 Å². The molecule has 0 aliphatic carbocycles. The molecule has 0 aliphatic rings. The van der Waals surface area contributed by atoms with Gasteiger partial charge in [-0.05, 0) is 42.3 Å². The number of fused-ring (bicyclic) bond motifs is 1. The molecule has 9 heteroatoms. The quantitative estimate of drug-likeness (QED) is 0.518. The molecule has 3 aromatic heterocycles. The molecule has 0 saturated carbocycles. The van der Waals surface area contributed by atoms with Crippen molar-refractivity contribution in [3.05, 3.63) is 62.5 Å². The van der Waals surface area contributed by atoms with E-state index in [4.69, 9.17) is 0 Å². The molecular formula is C18H18N6OS2. The third-order valence-corrected chi connectivity index (χ3v) is 6.58. The monoisotopic (exact) mass is 398 g/mol. The van der Waals surface area contributed by atoms with E-state index < -0.39 is 0 Å². The second-order valence-corrected chi connectivity index (χ2v) is 8.79. The van der Waals surface area contributed by atoms with Gasteiger partial charge >= 0.3 is 0 Å². The van der Waals surface area contributed by atoms with E-state index in [2.05, 4.69) is 25.5 Å². The Morgan fingerprint density at radius 2 is 2.04 bits per heavy atom. The number of H-pyrrole nitrogens is 1. The van der Waals surface area contributed by atoms with Crippen LogP contribution in [-0.4, -0.2) is 30.2 Å². The number of thioether (sulfide) groups is 1. The number of rotatable bonds is 5. The van der Waals surface area contributed by atoms with Gasteiger partial charge in [-0.25, -0.2) is 9.67 Å². The first-order chi connectivity index (χ1) is 13.0. The van der Waals surface area contributed by atoms with Crippen LogP contribution in [0.25, 0.3) is 10.2 Å². The lowest BCUT2D eigenvalue weighted by molar-refractivity contribution is 0.602. The van der Waals surface area contributed by atoms with Crippen molar-refractivity contribution >= 4 is 33.3 Å². The molecular weight excluding hydrogens is 380 g/mol. The van der Waals surface area contributed by atoms with Gasteiger partial charge in [0.1, 0.15) is 10.7 Å². The number of aromatic nitrogens is 6. The Balaban J connectivity index is 1.60. The third-order valence-electron chi connectivity index (χ3n) is 4.40. The molecule has 27 heavy (non-hydrogen) atoms. The number of tetrazole rings is 1. The molecule has 0 bridgehead atoms. The first kappa shape index (κ1) is 17.9. The average Bonchev–Trinajstić information content (AvgIpc) is 3.20. The lowest BCUT2D eigenvalue weighted by Crippen LogP contribution is -2.13. The maximum absolute atomic E-state index is 12.5. The zero-order chi connectivity index (χ0) is 19.0. The van der Waals surface area contributed by atoms with Crippen molar-refractivity contribution in [1.29, 1.82) is 0 Å². The highest BCUT2D eigenvalue weighted by molar-refractivity contribution is 7.99. The van der Waals surface area contributed by atoms with Crippen LogP contribution in [0, 0.1) is 13.8 Å². The van der Waals surface area contributed by atoms with Gasteiger partial charge in [-0.1, -0.05) is 42.1 Å². The fourth-order valence-electron chi connectivity index (χ4n) is 2.81. The van der Waals surface area contributed by atoms with Crippen LogP contribution in [0.2, 0.25) is 0 Å². The third kappa shape index (κ3) is 3.52. The van der Waals surface area contributed by atoms with E-state index in [-0.39, 0.29) is 10.8 Å². The fraction of sp³-hybridized carbons (Fsp3) is 0.278. The number of benzene rings is 1. The molecule has 3 heterocycles. The predicted octanol–water partition coefficient (Wildman–Crippen LogP) is 3.49. The molecule has 138 valence electrons. The van der Waals surface area contributed by atoms with Gasteiger partial charge in [0.15, 0.2) is 0 Å². The Labute approximate surface area is 163 Å². The van der Waals surface area contributed by atoms with Gasteiger partial charge in [-0.3, -0.25) is 4.79 Å². The van der Waals surface area contributed by atoms with Crippen molar-refractivity contribution < 1.29 is 0 Å². The van der Waals surface area contributed by atoms with Crippen LogP contribution in [0.3, 0.4) is 0 Å². The van der Waals surface area contributed by atoms with Crippen molar-refractivity contribution in [2.45, 2.75) is 37.7 Å². The first-order valence-corrected chi connectivity index (χ1v) is 10.2. The highest BCUT2D eigenvalue weighted by atomic mass is 32.2. The fourth-order valence-corrected chi connectivity index (χ4v) is 4.70. The summed E-state index contributed by atoms with van der Waals surface area (Å²) in [7, 11) is 0. The van der Waals surface area contributed by atoms with Crippen LogP contribution in [0.4, 0.5) is 0 Å². The van der Waals surface area contributed by atoms with E-state index in [0.717, 1.165) is 20.8 Å². The molecule has 1 N–H and O–H groups in total. The molecule has 0 aliphatic heterocycles. The van der Waals surface area contributed by atoms with E-state index >= 15 is 0 Å². The largest absolute Gasteiger partial charge is 0.309 e. The highest BCUT2D eigenvalue weighted by Gasteiger charge is 2.19. The number of hydrogen-bond donors (Lipinski definition) is 1. The second kappa shape index (κ2) is 7.24. The molecule has 7 nitrogen and oxygen atoms in total. The number of nitrogens with zero attached hydrogens (tertiary/aromatic N) is 5. The first-order valence-electron chi connectivity index (χ1n) is 8.49. The van der Waals surface area contributed by atoms with Gasteiger partial charge in [0.2, 0.25) is 5.16 Å². The lowest BCUT2D eigenvalue weighted by atomic mass is 10.2. The summed E-state index contributed by atoms with van der Waals surface area (Å²) in [6.07, 6.45) is 0. The van der Waals surface area contributed by atoms with Crippen molar-refractivity contribution in [2.24, 2.45) is 0 Å².